The number of aryl methyl sites for hydroxylation is 1. The zero-order valence-corrected chi connectivity index (χ0v) is 13.6. The Morgan fingerprint density at radius 2 is 1.96 bits per heavy atom. The Labute approximate surface area is 144 Å². The minimum atomic E-state index is -0.213. The molecule has 0 radical (unpaired) electrons. The smallest absolute Gasteiger partial charge is 0.257 e. The van der Waals surface area contributed by atoms with Crippen molar-refractivity contribution in [2.75, 3.05) is 5.32 Å². The van der Waals surface area contributed by atoms with Gasteiger partial charge < -0.3 is 9.73 Å². The second-order valence-corrected chi connectivity index (χ2v) is 5.71. The number of aromatic nitrogens is 2. The van der Waals surface area contributed by atoms with Crippen molar-refractivity contribution in [3.05, 3.63) is 78.1 Å². The Kier molecular flexibility index (Phi) is 3.74. The Morgan fingerprint density at radius 3 is 2.76 bits per heavy atom. The number of benzene rings is 2. The second kappa shape index (κ2) is 6.20. The summed E-state index contributed by atoms with van der Waals surface area (Å²) < 4.78 is 5.85. The predicted molar refractivity (Wildman–Crippen MR) is 96.4 cm³/mol. The van der Waals surface area contributed by atoms with Gasteiger partial charge in [0.1, 0.15) is 5.52 Å². The number of anilines is 1. The third kappa shape index (κ3) is 2.99. The van der Waals surface area contributed by atoms with E-state index in [9.17, 15) is 4.79 Å². The molecule has 5 heteroatoms. The van der Waals surface area contributed by atoms with Gasteiger partial charge in [-0.05, 0) is 48.9 Å². The summed E-state index contributed by atoms with van der Waals surface area (Å²) in [5, 5.41) is 2.85. The molecule has 0 saturated carbocycles. The summed E-state index contributed by atoms with van der Waals surface area (Å²) in [5.74, 6) is 0.360. The molecule has 0 aliphatic heterocycles. The van der Waals surface area contributed by atoms with E-state index in [1.54, 1.807) is 30.5 Å². The van der Waals surface area contributed by atoms with Crippen LogP contribution in [0.2, 0.25) is 0 Å². The SMILES string of the molecule is Cc1ccccc1-c1nc2cc(NC(=O)c3cccnc3)ccc2o1. The molecule has 0 aliphatic rings. The Hall–Kier alpha value is -3.47. The third-order valence-electron chi connectivity index (χ3n) is 3.94. The van der Waals surface area contributed by atoms with Crippen LogP contribution in [0.1, 0.15) is 15.9 Å². The van der Waals surface area contributed by atoms with Gasteiger partial charge in [-0.25, -0.2) is 4.98 Å². The van der Waals surface area contributed by atoms with Crippen molar-refractivity contribution < 1.29 is 9.21 Å². The maximum Gasteiger partial charge on any atom is 0.257 e. The lowest BCUT2D eigenvalue weighted by atomic mass is 10.1. The summed E-state index contributed by atoms with van der Waals surface area (Å²) >= 11 is 0. The fourth-order valence-corrected chi connectivity index (χ4v) is 2.63. The van der Waals surface area contributed by atoms with Gasteiger partial charge in [0.25, 0.3) is 5.91 Å². The zero-order valence-electron chi connectivity index (χ0n) is 13.6. The van der Waals surface area contributed by atoms with Crippen LogP contribution in [0.4, 0.5) is 5.69 Å². The van der Waals surface area contributed by atoms with Gasteiger partial charge in [0.2, 0.25) is 5.89 Å². The van der Waals surface area contributed by atoms with E-state index in [0.29, 0.717) is 28.2 Å². The average Bonchev–Trinajstić information content (AvgIpc) is 3.06. The van der Waals surface area contributed by atoms with Crippen LogP contribution in [-0.4, -0.2) is 15.9 Å². The monoisotopic (exact) mass is 329 g/mol. The van der Waals surface area contributed by atoms with Crippen molar-refractivity contribution >= 4 is 22.7 Å². The topological polar surface area (TPSA) is 68.0 Å². The Bertz CT molecular complexity index is 1050. The molecule has 4 rings (SSSR count). The summed E-state index contributed by atoms with van der Waals surface area (Å²) in [7, 11) is 0. The van der Waals surface area contributed by atoms with Gasteiger partial charge in [-0.2, -0.15) is 0 Å². The van der Waals surface area contributed by atoms with Crippen molar-refractivity contribution in [3.8, 4) is 11.5 Å². The highest BCUT2D eigenvalue weighted by Crippen LogP contribution is 2.28. The molecule has 0 spiro atoms. The maximum absolute atomic E-state index is 12.2. The minimum Gasteiger partial charge on any atom is -0.436 e. The Morgan fingerprint density at radius 1 is 1.08 bits per heavy atom. The van der Waals surface area contributed by atoms with E-state index < -0.39 is 0 Å². The van der Waals surface area contributed by atoms with Gasteiger partial charge in [-0.15, -0.1) is 0 Å². The number of pyridine rings is 1. The van der Waals surface area contributed by atoms with Crippen LogP contribution in [-0.2, 0) is 0 Å². The number of nitrogens with zero attached hydrogens (tertiary/aromatic N) is 2. The molecule has 0 saturated heterocycles. The fraction of sp³-hybridized carbons (Fsp3) is 0.0500. The van der Waals surface area contributed by atoms with E-state index in [2.05, 4.69) is 15.3 Å². The normalized spacial score (nSPS) is 10.8. The largest absolute Gasteiger partial charge is 0.436 e. The average molecular weight is 329 g/mol. The first-order valence-corrected chi connectivity index (χ1v) is 7.89. The molecule has 122 valence electrons. The number of carbonyl (C=O) groups excluding carboxylic acids is 1. The number of rotatable bonds is 3. The van der Waals surface area contributed by atoms with E-state index >= 15 is 0 Å². The van der Waals surface area contributed by atoms with E-state index in [0.717, 1.165) is 11.1 Å². The summed E-state index contributed by atoms with van der Waals surface area (Å²) in [4.78, 5) is 20.7. The first-order valence-electron chi connectivity index (χ1n) is 7.89. The number of carbonyl (C=O) groups is 1. The van der Waals surface area contributed by atoms with Crippen LogP contribution in [0.5, 0.6) is 0 Å². The molecule has 0 unspecified atom stereocenters. The lowest BCUT2D eigenvalue weighted by Crippen LogP contribution is -2.11. The standard InChI is InChI=1S/C20H15N3O2/c1-13-5-2-3-7-16(13)20-23-17-11-15(8-9-18(17)25-20)22-19(24)14-6-4-10-21-12-14/h2-12H,1H3,(H,22,24). The van der Waals surface area contributed by atoms with Crippen LogP contribution in [0.15, 0.2) is 71.4 Å². The molecule has 1 N–H and O–H groups in total. The van der Waals surface area contributed by atoms with Crippen molar-refractivity contribution in [2.24, 2.45) is 0 Å². The third-order valence-corrected chi connectivity index (χ3v) is 3.94. The molecule has 2 heterocycles. The minimum absolute atomic E-state index is 0.213. The highest BCUT2D eigenvalue weighted by Gasteiger charge is 2.12. The number of nitrogens with one attached hydrogen (secondary N) is 1. The highest BCUT2D eigenvalue weighted by molar-refractivity contribution is 6.04. The summed E-state index contributed by atoms with van der Waals surface area (Å²) in [6.45, 7) is 2.02. The summed E-state index contributed by atoms with van der Waals surface area (Å²) in [5.41, 5.74) is 4.59. The van der Waals surface area contributed by atoms with Gasteiger partial charge in [0.15, 0.2) is 5.58 Å². The van der Waals surface area contributed by atoms with Crippen molar-refractivity contribution in [3.63, 3.8) is 0 Å². The van der Waals surface area contributed by atoms with Crippen LogP contribution in [0.25, 0.3) is 22.6 Å². The number of oxazole rings is 1. The molecule has 2 aromatic carbocycles. The van der Waals surface area contributed by atoms with E-state index in [4.69, 9.17) is 4.42 Å². The van der Waals surface area contributed by atoms with Crippen LogP contribution >= 0.6 is 0 Å². The van der Waals surface area contributed by atoms with E-state index in [1.165, 1.54) is 6.20 Å². The van der Waals surface area contributed by atoms with Gasteiger partial charge >= 0.3 is 0 Å². The fourth-order valence-electron chi connectivity index (χ4n) is 2.63. The Balaban J connectivity index is 1.65. The van der Waals surface area contributed by atoms with E-state index in [1.807, 2.05) is 37.3 Å². The molecule has 0 aliphatic carbocycles. The highest BCUT2D eigenvalue weighted by atomic mass is 16.3. The first kappa shape index (κ1) is 15.1. The molecule has 0 bridgehead atoms. The van der Waals surface area contributed by atoms with Crippen LogP contribution < -0.4 is 5.32 Å². The van der Waals surface area contributed by atoms with Crippen molar-refractivity contribution in [1.82, 2.24) is 9.97 Å². The number of hydrogen-bond donors (Lipinski definition) is 1. The zero-order chi connectivity index (χ0) is 17.2. The summed E-state index contributed by atoms with van der Waals surface area (Å²) in [6, 6.07) is 16.8. The first-order chi connectivity index (χ1) is 12.2. The molecule has 4 aromatic rings. The predicted octanol–water partition coefficient (Wildman–Crippen LogP) is 4.45. The van der Waals surface area contributed by atoms with Gasteiger partial charge in [0.05, 0.1) is 5.56 Å². The molecule has 0 atom stereocenters. The molecular weight excluding hydrogens is 314 g/mol. The number of hydrogen-bond acceptors (Lipinski definition) is 4. The molecule has 25 heavy (non-hydrogen) atoms. The van der Waals surface area contributed by atoms with Gasteiger partial charge in [0, 0.05) is 23.6 Å². The molecule has 2 aromatic heterocycles. The van der Waals surface area contributed by atoms with Crippen molar-refractivity contribution in [1.29, 1.82) is 0 Å². The van der Waals surface area contributed by atoms with E-state index in [-0.39, 0.29) is 5.91 Å². The second-order valence-electron chi connectivity index (χ2n) is 5.71. The van der Waals surface area contributed by atoms with Gasteiger partial charge in [-0.3, -0.25) is 9.78 Å². The lowest BCUT2D eigenvalue weighted by molar-refractivity contribution is 0.102. The quantitative estimate of drug-likeness (QED) is 0.603. The van der Waals surface area contributed by atoms with Gasteiger partial charge in [-0.1, -0.05) is 18.2 Å². The lowest BCUT2D eigenvalue weighted by Gasteiger charge is -2.04. The molecular formula is C20H15N3O2. The molecule has 5 nitrogen and oxygen atoms in total. The number of fused-ring (bicyclic) bond motifs is 1. The molecule has 0 fully saturated rings. The van der Waals surface area contributed by atoms with Crippen molar-refractivity contribution in [2.45, 2.75) is 6.92 Å². The maximum atomic E-state index is 12.2. The molecule has 1 amide bonds. The summed E-state index contributed by atoms with van der Waals surface area (Å²) in [6.07, 6.45) is 3.16. The van der Waals surface area contributed by atoms with Crippen LogP contribution in [0.3, 0.4) is 0 Å². The number of amides is 1. The van der Waals surface area contributed by atoms with Crippen LogP contribution in [0, 0.1) is 6.92 Å².